The first kappa shape index (κ1) is 14.0. The van der Waals surface area contributed by atoms with E-state index in [1.165, 1.54) is 21.2 Å². The Morgan fingerprint density at radius 1 is 1.06 bits per heavy atom. The summed E-state index contributed by atoms with van der Waals surface area (Å²) in [6.07, 6.45) is 7.58. The maximum atomic E-state index is 3.59. The third-order valence-corrected chi connectivity index (χ3v) is 3.38. The number of allylic oxidation sites excluding steroid dienone is 6. The summed E-state index contributed by atoms with van der Waals surface area (Å²) in [6.45, 7) is 6.12. The van der Waals surface area contributed by atoms with Crippen LogP contribution >= 0.6 is 15.9 Å². The molecule has 1 aliphatic rings. The highest BCUT2D eigenvalue weighted by atomic mass is 79.9. The first-order valence-corrected chi connectivity index (χ1v) is 6.85. The summed E-state index contributed by atoms with van der Waals surface area (Å²) in [4.78, 5) is 0. The fourth-order valence-corrected chi connectivity index (χ4v) is 2.03. The lowest BCUT2D eigenvalue weighted by atomic mass is 10.0. The Bertz CT molecular complexity index is 436. The van der Waals surface area contributed by atoms with Gasteiger partial charge >= 0.3 is 0 Å². The van der Waals surface area contributed by atoms with Crippen molar-refractivity contribution in [3.63, 3.8) is 0 Å². The Hall–Kier alpha value is -1.08. The van der Waals surface area contributed by atoms with Crippen molar-refractivity contribution >= 4 is 21.5 Å². The predicted molar refractivity (Wildman–Crippen MR) is 81.2 cm³/mol. The molecule has 0 spiro atoms. The van der Waals surface area contributed by atoms with Crippen LogP contribution in [0.4, 0.5) is 0 Å². The van der Waals surface area contributed by atoms with E-state index in [1.807, 2.05) is 19.9 Å². The van der Waals surface area contributed by atoms with Crippen molar-refractivity contribution in [1.29, 1.82) is 0 Å². The molecule has 0 saturated carbocycles. The fraction of sp³-hybridized carbons (Fsp3) is 0.250. The normalized spacial score (nSPS) is 14.7. The van der Waals surface area contributed by atoms with Gasteiger partial charge in [0.1, 0.15) is 0 Å². The van der Waals surface area contributed by atoms with E-state index in [0.29, 0.717) is 0 Å². The third kappa shape index (κ3) is 4.01. The van der Waals surface area contributed by atoms with Crippen molar-refractivity contribution in [2.45, 2.75) is 27.2 Å². The molecule has 0 bridgehead atoms. The summed E-state index contributed by atoms with van der Waals surface area (Å²) < 4.78 is 1.18. The average molecular weight is 291 g/mol. The van der Waals surface area contributed by atoms with E-state index < -0.39 is 0 Å². The van der Waals surface area contributed by atoms with E-state index in [4.69, 9.17) is 0 Å². The van der Waals surface area contributed by atoms with Crippen molar-refractivity contribution < 1.29 is 0 Å². The predicted octanol–water partition coefficient (Wildman–Crippen LogP) is 5.73. The minimum absolute atomic E-state index is 0.996. The lowest BCUT2D eigenvalue weighted by molar-refractivity contribution is 1.39. The third-order valence-electron chi connectivity index (χ3n) is 2.53. The molecule has 0 radical (unpaired) electrons. The molecule has 1 aromatic carbocycles. The molecule has 1 aromatic rings. The van der Waals surface area contributed by atoms with Crippen molar-refractivity contribution in [3.8, 4) is 0 Å². The van der Waals surface area contributed by atoms with Crippen molar-refractivity contribution in [2.24, 2.45) is 0 Å². The van der Waals surface area contributed by atoms with Crippen LogP contribution in [0.2, 0.25) is 0 Å². The molecular formula is C16H19Br. The Morgan fingerprint density at radius 3 is 2.35 bits per heavy atom. The van der Waals surface area contributed by atoms with Crippen LogP contribution < -0.4 is 0 Å². The van der Waals surface area contributed by atoms with Gasteiger partial charge in [-0.2, -0.15) is 0 Å². The molecule has 0 atom stereocenters. The molecule has 0 amide bonds. The zero-order chi connectivity index (χ0) is 12.7. The number of hydrogen-bond acceptors (Lipinski definition) is 0. The minimum atomic E-state index is 0.996. The minimum Gasteiger partial charge on any atom is -0.0798 e. The lowest BCUT2D eigenvalue weighted by Crippen LogP contribution is -1.81. The second-order valence-electron chi connectivity index (χ2n) is 3.67. The highest BCUT2D eigenvalue weighted by Crippen LogP contribution is 2.27. The van der Waals surface area contributed by atoms with Gasteiger partial charge in [-0.15, -0.1) is 0 Å². The quantitative estimate of drug-likeness (QED) is 0.620. The van der Waals surface area contributed by atoms with Crippen molar-refractivity contribution in [1.82, 2.24) is 0 Å². The first-order valence-electron chi connectivity index (χ1n) is 6.06. The molecule has 0 N–H and O–H groups in total. The highest BCUT2D eigenvalue weighted by molar-refractivity contribution is 9.11. The maximum Gasteiger partial charge on any atom is 0.0207 e. The van der Waals surface area contributed by atoms with E-state index in [-0.39, 0.29) is 0 Å². The Balaban J connectivity index is 0.000000686. The Kier molecular flexibility index (Phi) is 5.99. The van der Waals surface area contributed by atoms with Gasteiger partial charge in [-0.25, -0.2) is 0 Å². The van der Waals surface area contributed by atoms with Gasteiger partial charge in [0.25, 0.3) is 0 Å². The van der Waals surface area contributed by atoms with E-state index in [1.54, 1.807) is 0 Å². The van der Waals surface area contributed by atoms with E-state index >= 15 is 0 Å². The molecule has 1 heteroatoms. The van der Waals surface area contributed by atoms with Crippen LogP contribution in [-0.4, -0.2) is 0 Å². The average Bonchev–Trinajstić information content (AvgIpc) is 2.56. The largest absolute Gasteiger partial charge is 0.0798 e. The van der Waals surface area contributed by atoms with Gasteiger partial charge in [-0.05, 0) is 36.1 Å². The number of halogens is 1. The van der Waals surface area contributed by atoms with Crippen LogP contribution in [0.3, 0.4) is 0 Å². The van der Waals surface area contributed by atoms with E-state index in [2.05, 4.69) is 65.3 Å². The zero-order valence-electron chi connectivity index (χ0n) is 10.7. The van der Waals surface area contributed by atoms with Crippen LogP contribution in [0.25, 0.3) is 5.57 Å². The molecular weight excluding hydrogens is 272 g/mol. The van der Waals surface area contributed by atoms with Gasteiger partial charge in [0.15, 0.2) is 0 Å². The molecule has 17 heavy (non-hydrogen) atoms. The number of rotatable bonds is 1. The van der Waals surface area contributed by atoms with E-state index in [9.17, 15) is 0 Å². The van der Waals surface area contributed by atoms with Gasteiger partial charge in [0.2, 0.25) is 0 Å². The summed E-state index contributed by atoms with van der Waals surface area (Å²) in [5.74, 6) is 0. The molecule has 0 aliphatic heterocycles. The summed E-state index contributed by atoms with van der Waals surface area (Å²) in [7, 11) is 0. The lowest BCUT2D eigenvalue weighted by Gasteiger charge is -2.03. The monoisotopic (exact) mass is 290 g/mol. The van der Waals surface area contributed by atoms with Crippen LogP contribution in [0, 0.1) is 0 Å². The summed E-state index contributed by atoms with van der Waals surface area (Å²) >= 11 is 3.59. The van der Waals surface area contributed by atoms with Crippen molar-refractivity contribution in [2.75, 3.05) is 0 Å². The smallest absolute Gasteiger partial charge is 0.0207 e. The van der Waals surface area contributed by atoms with E-state index in [0.717, 1.165) is 6.42 Å². The molecule has 2 rings (SSSR count). The van der Waals surface area contributed by atoms with Crippen LogP contribution in [0.5, 0.6) is 0 Å². The maximum absolute atomic E-state index is 3.59. The Morgan fingerprint density at radius 2 is 1.71 bits per heavy atom. The van der Waals surface area contributed by atoms with Gasteiger partial charge in [-0.3, -0.25) is 0 Å². The molecule has 0 nitrogen and oxygen atoms in total. The summed E-state index contributed by atoms with van der Waals surface area (Å²) in [5, 5.41) is 0. The molecule has 0 saturated heterocycles. The molecule has 0 unspecified atom stereocenters. The molecule has 1 aliphatic carbocycles. The van der Waals surface area contributed by atoms with Gasteiger partial charge < -0.3 is 0 Å². The molecule has 90 valence electrons. The van der Waals surface area contributed by atoms with Gasteiger partial charge in [0, 0.05) is 4.48 Å². The van der Waals surface area contributed by atoms with Crippen LogP contribution in [-0.2, 0) is 0 Å². The van der Waals surface area contributed by atoms with Crippen molar-refractivity contribution in [3.05, 3.63) is 64.2 Å². The SMILES string of the molecule is CC.CC1=C(Br)C=C(c2ccccc2)CC=C1. The molecule has 0 fully saturated rings. The second-order valence-corrected chi connectivity index (χ2v) is 4.53. The summed E-state index contributed by atoms with van der Waals surface area (Å²) in [6, 6.07) is 10.5. The highest BCUT2D eigenvalue weighted by Gasteiger charge is 2.04. The standard InChI is InChI=1S/C14H13Br.C2H6/c1-11-6-5-9-13(10-14(11)15)12-7-3-2-4-8-12;1-2/h2-8,10H,9H2,1H3;1-2H3. The van der Waals surface area contributed by atoms with Gasteiger partial charge in [-0.1, -0.05) is 72.3 Å². The Labute approximate surface area is 113 Å². The molecule has 0 aromatic heterocycles. The van der Waals surface area contributed by atoms with Gasteiger partial charge in [0.05, 0.1) is 0 Å². The van der Waals surface area contributed by atoms with Crippen LogP contribution in [0.15, 0.2) is 58.6 Å². The number of hydrogen-bond donors (Lipinski definition) is 0. The first-order chi connectivity index (χ1) is 8.27. The second kappa shape index (κ2) is 7.29. The summed E-state index contributed by atoms with van der Waals surface area (Å²) in [5.41, 5.74) is 3.94. The molecule has 0 heterocycles. The number of benzene rings is 1. The topological polar surface area (TPSA) is 0 Å². The zero-order valence-corrected chi connectivity index (χ0v) is 12.3. The van der Waals surface area contributed by atoms with Crippen LogP contribution in [0.1, 0.15) is 32.8 Å². The fourth-order valence-electron chi connectivity index (χ4n) is 1.62.